The van der Waals surface area contributed by atoms with Gasteiger partial charge in [-0.25, -0.2) is 0 Å². The second-order valence-electron chi connectivity index (χ2n) is 2.51. The van der Waals surface area contributed by atoms with Gasteiger partial charge in [-0.05, 0) is 19.3 Å². The fourth-order valence-corrected chi connectivity index (χ4v) is 1.92. The Morgan fingerprint density at radius 3 is 1.90 bits per heavy atom. The number of hydrogen-bond acceptors (Lipinski definition) is 2. The summed E-state index contributed by atoms with van der Waals surface area (Å²) >= 11 is 0. The molecule has 0 aromatic carbocycles. The first-order valence-corrected chi connectivity index (χ1v) is 4.43. The summed E-state index contributed by atoms with van der Waals surface area (Å²) in [6, 6.07) is 0. The van der Waals surface area contributed by atoms with Gasteiger partial charge in [0.1, 0.15) is 0 Å². The standard InChI is InChI=1S/C5H10O3S.K.H/c1-2-5(3-4-5)9(6,7)8;;/h2-4H2,1H3,(H,6,7,8);;. The molecule has 0 unspecified atom stereocenters. The zero-order chi connectivity index (χ0) is 7.12. The molecule has 3 nitrogen and oxygen atoms in total. The summed E-state index contributed by atoms with van der Waals surface area (Å²) in [7, 11) is -3.74. The van der Waals surface area contributed by atoms with E-state index >= 15 is 0 Å². The second-order valence-corrected chi connectivity index (χ2v) is 4.33. The van der Waals surface area contributed by atoms with Crippen LogP contribution in [-0.4, -0.2) is 69.1 Å². The molecule has 0 amide bonds. The molecular formula is C5H11KO3S. The molecule has 56 valence electrons. The van der Waals surface area contributed by atoms with Gasteiger partial charge in [-0.1, -0.05) is 6.92 Å². The van der Waals surface area contributed by atoms with E-state index in [0.717, 1.165) is 0 Å². The van der Waals surface area contributed by atoms with Gasteiger partial charge in [-0.2, -0.15) is 8.42 Å². The third kappa shape index (κ3) is 2.03. The molecule has 1 N–H and O–H groups in total. The van der Waals surface area contributed by atoms with Gasteiger partial charge in [0.15, 0.2) is 0 Å². The van der Waals surface area contributed by atoms with E-state index < -0.39 is 14.9 Å². The van der Waals surface area contributed by atoms with Crippen molar-refractivity contribution in [3.63, 3.8) is 0 Å². The third-order valence-corrected chi connectivity index (χ3v) is 3.79. The summed E-state index contributed by atoms with van der Waals surface area (Å²) in [6.07, 6.45) is 1.79. The van der Waals surface area contributed by atoms with Gasteiger partial charge in [0.25, 0.3) is 10.1 Å². The summed E-state index contributed by atoms with van der Waals surface area (Å²) in [6.45, 7) is 1.78. The molecule has 1 aliphatic carbocycles. The molecule has 0 bridgehead atoms. The molecule has 5 heteroatoms. The van der Waals surface area contributed by atoms with Crippen LogP contribution in [0.4, 0.5) is 0 Å². The summed E-state index contributed by atoms with van der Waals surface area (Å²) in [5.41, 5.74) is 0. The van der Waals surface area contributed by atoms with Gasteiger partial charge < -0.3 is 0 Å². The first-order chi connectivity index (χ1) is 4.02. The fourth-order valence-electron chi connectivity index (χ4n) is 0.933. The van der Waals surface area contributed by atoms with Gasteiger partial charge in [-0.15, -0.1) is 0 Å². The van der Waals surface area contributed by atoms with Gasteiger partial charge in [0.05, 0.1) is 4.75 Å². The molecule has 1 rings (SSSR count). The molecule has 0 saturated heterocycles. The van der Waals surface area contributed by atoms with E-state index in [1.165, 1.54) is 0 Å². The van der Waals surface area contributed by atoms with E-state index in [9.17, 15) is 8.42 Å². The predicted molar refractivity (Wildman–Crippen MR) is 41.0 cm³/mol. The summed E-state index contributed by atoms with van der Waals surface area (Å²) in [4.78, 5) is 0. The van der Waals surface area contributed by atoms with Crippen molar-refractivity contribution in [2.45, 2.75) is 30.9 Å². The van der Waals surface area contributed by atoms with Gasteiger partial charge in [0.2, 0.25) is 0 Å². The minimum absolute atomic E-state index is 0. The fraction of sp³-hybridized carbons (Fsp3) is 1.00. The van der Waals surface area contributed by atoms with E-state index in [-0.39, 0.29) is 51.4 Å². The van der Waals surface area contributed by atoms with Gasteiger partial charge in [-0.3, -0.25) is 4.55 Å². The first-order valence-electron chi connectivity index (χ1n) is 2.99. The number of rotatable bonds is 2. The molecular weight excluding hydrogens is 179 g/mol. The molecule has 1 aliphatic rings. The Labute approximate surface area is 104 Å². The SMILES string of the molecule is CCC1(S(=O)(=O)O)CC1.[KH]. The van der Waals surface area contributed by atoms with Crippen molar-refractivity contribution in [1.82, 2.24) is 0 Å². The maximum absolute atomic E-state index is 10.5. The van der Waals surface area contributed by atoms with Crippen LogP contribution in [0.5, 0.6) is 0 Å². The molecule has 1 saturated carbocycles. The Morgan fingerprint density at radius 2 is 1.90 bits per heavy atom. The molecule has 0 spiro atoms. The van der Waals surface area contributed by atoms with Crippen molar-refractivity contribution in [1.29, 1.82) is 0 Å². The van der Waals surface area contributed by atoms with E-state index in [4.69, 9.17) is 4.55 Å². The topological polar surface area (TPSA) is 54.4 Å². The van der Waals surface area contributed by atoms with Gasteiger partial charge >= 0.3 is 51.4 Å². The van der Waals surface area contributed by atoms with Crippen LogP contribution in [0.3, 0.4) is 0 Å². The zero-order valence-corrected chi connectivity index (χ0v) is 6.11. The van der Waals surface area contributed by atoms with Crippen molar-refractivity contribution in [2.24, 2.45) is 0 Å². The molecule has 10 heavy (non-hydrogen) atoms. The van der Waals surface area contributed by atoms with Crippen LogP contribution in [0.25, 0.3) is 0 Å². The summed E-state index contributed by atoms with van der Waals surface area (Å²) < 4.78 is 28.8. The average molecular weight is 190 g/mol. The summed E-state index contributed by atoms with van der Waals surface area (Å²) in [5, 5.41) is 0. The Kier molecular flexibility index (Phi) is 4.05. The van der Waals surface area contributed by atoms with Crippen molar-refractivity contribution in [2.75, 3.05) is 0 Å². The Hall–Kier alpha value is 1.55. The van der Waals surface area contributed by atoms with Crippen LogP contribution < -0.4 is 0 Å². The molecule has 0 aromatic heterocycles. The minimum atomic E-state index is -3.74. The van der Waals surface area contributed by atoms with E-state index in [0.29, 0.717) is 19.3 Å². The third-order valence-electron chi connectivity index (χ3n) is 2.00. The molecule has 1 fully saturated rings. The number of hydrogen-bond donors (Lipinski definition) is 1. The first kappa shape index (κ1) is 11.5. The Balaban J connectivity index is 0.000000810. The Bertz CT molecular complexity index is 205. The van der Waals surface area contributed by atoms with Crippen LogP contribution in [0.2, 0.25) is 0 Å². The van der Waals surface area contributed by atoms with Crippen molar-refractivity contribution in [3.05, 3.63) is 0 Å². The van der Waals surface area contributed by atoms with E-state index in [1.807, 2.05) is 0 Å². The monoisotopic (exact) mass is 190 g/mol. The van der Waals surface area contributed by atoms with Crippen LogP contribution in [-0.2, 0) is 10.1 Å². The molecule has 0 atom stereocenters. The summed E-state index contributed by atoms with van der Waals surface area (Å²) in [5.74, 6) is 0. The molecule has 0 radical (unpaired) electrons. The van der Waals surface area contributed by atoms with Crippen LogP contribution in [0.15, 0.2) is 0 Å². The van der Waals surface area contributed by atoms with Crippen LogP contribution >= 0.6 is 0 Å². The normalized spacial score (nSPS) is 21.4. The predicted octanol–water partition coefficient (Wildman–Crippen LogP) is 0.168. The molecule has 0 heterocycles. The second kappa shape index (κ2) is 3.51. The van der Waals surface area contributed by atoms with Crippen LogP contribution in [0.1, 0.15) is 26.2 Å². The van der Waals surface area contributed by atoms with Crippen molar-refractivity contribution >= 4 is 61.5 Å². The van der Waals surface area contributed by atoms with Crippen LogP contribution in [0, 0.1) is 0 Å². The zero-order valence-electron chi connectivity index (χ0n) is 5.29. The maximum atomic E-state index is 10.5. The molecule has 0 aromatic rings. The van der Waals surface area contributed by atoms with Crippen molar-refractivity contribution < 1.29 is 13.0 Å². The van der Waals surface area contributed by atoms with E-state index in [1.54, 1.807) is 6.92 Å². The van der Waals surface area contributed by atoms with E-state index in [2.05, 4.69) is 0 Å². The molecule has 0 aliphatic heterocycles. The van der Waals surface area contributed by atoms with Crippen molar-refractivity contribution in [3.8, 4) is 0 Å². The average Bonchev–Trinajstić information content (AvgIpc) is 2.40. The quantitative estimate of drug-likeness (QED) is 0.499. The van der Waals surface area contributed by atoms with Gasteiger partial charge in [0, 0.05) is 0 Å². The Morgan fingerprint density at radius 1 is 1.50 bits per heavy atom.